The van der Waals surface area contributed by atoms with E-state index < -0.39 is 5.60 Å². The first kappa shape index (κ1) is 26.5. The number of carbonyl (C=O) groups excluding carboxylic acids is 1. The van der Waals surface area contributed by atoms with Crippen LogP contribution >= 0.6 is 0 Å². The molecule has 2 N–H and O–H groups in total. The minimum Gasteiger partial charge on any atom is -0.444 e. The van der Waals surface area contributed by atoms with E-state index in [0.717, 1.165) is 59.0 Å². The van der Waals surface area contributed by atoms with Gasteiger partial charge in [-0.15, -0.1) is 0 Å². The van der Waals surface area contributed by atoms with Gasteiger partial charge in [0.25, 0.3) is 0 Å². The quantitative estimate of drug-likeness (QED) is 0.318. The zero-order valence-corrected chi connectivity index (χ0v) is 23.4. The number of imidazole rings is 1. The second-order valence-electron chi connectivity index (χ2n) is 11.2. The maximum atomic E-state index is 12.4. The molecule has 0 unspecified atom stereocenters. The van der Waals surface area contributed by atoms with Crippen molar-refractivity contribution in [1.82, 2.24) is 29.3 Å². The molecule has 9 nitrogen and oxygen atoms in total. The number of hydrogen-bond donors (Lipinski definition) is 2. The molecule has 1 aliphatic heterocycles. The molecule has 5 rings (SSSR count). The lowest BCUT2D eigenvalue weighted by atomic mass is 10.0. The molecule has 0 saturated carbocycles. The summed E-state index contributed by atoms with van der Waals surface area (Å²) in [4.78, 5) is 29.0. The van der Waals surface area contributed by atoms with Crippen molar-refractivity contribution >= 4 is 34.1 Å². The number of aromatic amines is 1. The molecule has 3 aromatic heterocycles. The topological polar surface area (TPSA) is 91.3 Å². The van der Waals surface area contributed by atoms with E-state index >= 15 is 0 Å². The van der Waals surface area contributed by atoms with Gasteiger partial charge in [0.2, 0.25) is 0 Å². The third-order valence-electron chi connectivity index (χ3n) is 6.64. The van der Waals surface area contributed by atoms with Crippen LogP contribution in [0.4, 0.5) is 16.2 Å². The molecule has 4 aromatic rings. The van der Waals surface area contributed by atoms with E-state index in [4.69, 9.17) is 4.74 Å². The van der Waals surface area contributed by atoms with Crippen LogP contribution in [0.2, 0.25) is 0 Å². The van der Waals surface area contributed by atoms with Gasteiger partial charge in [0.05, 0.1) is 5.69 Å². The first-order valence-electron chi connectivity index (χ1n) is 13.3. The van der Waals surface area contributed by atoms with E-state index in [1.165, 1.54) is 5.57 Å². The van der Waals surface area contributed by atoms with Crippen LogP contribution in [-0.4, -0.2) is 74.7 Å². The normalized spacial score (nSPS) is 14.1. The SMILES string of the molecule is CN(C)CCn1ccnc1-c1cccc(Nc2ccnc3[nH]c(C4=CCN(C(=O)OC(C)(C)C)CC4)cc23)c1. The van der Waals surface area contributed by atoms with Crippen molar-refractivity contribution in [3.8, 4) is 11.4 Å². The molecule has 0 fully saturated rings. The number of nitrogens with zero attached hydrogens (tertiary/aromatic N) is 5. The average Bonchev–Trinajstić information content (AvgIpc) is 3.55. The number of ether oxygens (including phenoxy) is 1. The number of fused-ring (bicyclic) bond motifs is 1. The van der Waals surface area contributed by atoms with Gasteiger partial charge in [-0.25, -0.2) is 14.8 Å². The predicted molar refractivity (Wildman–Crippen MR) is 156 cm³/mol. The number of rotatable bonds is 7. The molecular weight excluding hydrogens is 490 g/mol. The molecule has 0 atom stereocenters. The summed E-state index contributed by atoms with van der Waals surface area (Å²) in [6.45, 7) is 8.62. The van der Waals surface area contributed by atoms with Crippen molar-refractivity contribution in [3.63, 3.8) is 0 Å². The largest absolute Gasteiger partial charge is 0.444 e. The van der Waals surface area contributed by atoms with Crippen LogP contribution < -0.4 is 5.32 Å². The van der Waals surface area contributed by atoms with Crippen molar-refractivity contribution in [2.24, 2.45) is 0 Å². The van der Waals surface area contributed by atoms with Crippen LogP contribution in [0.3, 0.4) is 0 Å². The van der Waals surface area contributed by atoms with Crippen LogP contribution in [0, 0.1) is 0 Å². The van der Waals surface area contributed by atoms with E-state index in [0.29, 0.717) is 13.1 Å². The second-order valence-corrected chi connectivity index (χ2v) is 11.2. The predicted octanol–water partition coefficient (Wildman–Crippen LogP) is 5.76. The third-order valence-corrected chi connectivity index (χ3v) is 6.64. The Balaban J connectivity index is 1.34. The Morgan fingerprint density at radius 1 is 1.15 bits per heavy atom. The molecule has 9 heteroatoms. The van der Waals surface area contributed by atoms with Gasteiger partial charge in [-0.1, -0.05) is 18.2 Å². The third kappa shape index (κ3) is 6.31. The van der Waals surface area contributed by atoms with Crippen molar-refractivity contribution in [3.05, 3.63) is 66.8 Å². The number of hydrogen-bond acceptors (Lipinski definition) is 6. The van der Waals surface area contributed by atoms with Gasteiger partial charge < -0.3 is 29.4 Å². The highest BCUT2D eigenvalue weighted by molar-refractivity contribution is 5.94. The van der Waals surface area contributed by atoms with E-state index in [1.807, 2.05) is 51.5 Å². The first-order valence-corrected chi connectivity index (χ1v) is 13.3. The molecule has 4 heterocycles. The molecule has 0 saturated heterocycles. The number of benzene rings is 1. The van der Waals surface area contributed by atoms with Gasteiger partial charge in [0.1, 0.15) is 17.1 Å². The smallest absolute Gasteiger partial charge is 0.410 e. The van der Waals surface area contributed by atoms with Gasteiger partial charge in [-0.05, 0) is 71.1 Å². The lowest BCUT2D eigenvalue weighted by molar-refractivity contribution is 0.0270. The Labute approximate surface area is 229 Å². The lowest BCUT2D eigenvalue weighted by Gasteiger charge is -2.29. The van der Waals surface area contributed by atoms with Crippen LogP contribution in [0.1, 0.15) is 32.9 Å². The minimum atomic E-state index is -0.500. The zero-order valence-electron chi connectivity index (χ0n) is 23.4. The van der Waals surface area contributed by atoms with Gasteiger partial charge in [0.15, 0.2) is 0 Å². The summed E-state index contributed by atoms with van der Waals surface area (Å²) in [5.74, 6) is 0.953. The van der Waals surface area contributed by atoms with Crippen LogP contribution in [0.25, 0.3) is 28.0 Å². The summed E-state index contributed by atoms with van der Waals surface area (Å²) in [6.07, 6.45) is 8.25. The number of nitrogens with one attached hydrogen (secondary N) is 2. The summed E-state index contributed by atoms with van der Waals surface area (Å²) in [7, 11) is 4.15. The minimum absolute atomic E-state index is 0.273. The Kier molecular flexibility index (Phi) is 7.43. The lowest BCUT2D eigenvalue weighted by Crippen LogP contribution is -2.39. The van der Waals surface area contributed by atoms with E-state index in [1.54, 1.807) is 4.90 Å². The first-order chi connectivity index (χ1) is 18.7. The number of amides is 1. The molecule has 0 bridgehead atoms. The van der Waals surface area contributed by atoms with Gasteiger partial charge >= 0.3 is 6.09 Å². The van der Waals surface area contributed by atoms with E-state index in [2.05, 4.69) is 74.2 Å². The number of carbonyl (C=O) groups is 1. The number of pyridine rings is 1. The van der Waals surface area contributed by atoms with Crippen LogP contribution in [0.5, 0.6) is 0 Å². The molecule has 0 aliphatic carbocycles. The summed E-state index contributed by atoms with van der Waals surface area (Å²) in [5.41, 5.74) is 5.53. The van der Waals surface area contributed by atoms with Gasteiger partial charge in [-0.2, -0.15) is 0 Å². The molecule has 39 heavy (non-hydrogen) atoms. The fraction of sp³-hybridized carbons (Fsp3) is 0.367. The summed E-state index contributed by atoms with van der Waals surface area (Å²) < 4.78 is 7.71. The van der Waals surface area contributed by atoms with Gasteiger partial charge in [-0.3, -0.25) is 0 Å². The van der Waals surface area contributed by atoms with Crippen LogP contribution in [0.15, 0.2) is 61.1 Å². The number of H-pyrrole nitrogens is 1. The maximum absolute atomic E-state index is 12.4. The Bertz CT molecular complexity index is 1490. The number of likely N-dealkylation sites (N-methyl/N-ethyl adjacent to an activating group) is 1. The number of aromatic nitrogens is 4. The Morgan fingerprint density at radius 2 is 2.00 bits per heavy atom. The summed E-state index contributed by atoms with van der Waals surface area (Å²) >= 11 is 0. The highest BCUT2D eigenvalue weighted by Crippen LogP contribution is 2.31. The summed E-state index contributed by atoms with van der Waals surface area (Å²) in [6, 6.07) is 12.5. The fourth-order valence-corrected chi connectivity index (χ4v) is 4.66. The molecule has 1 aromatic carbocycles. The van der Waals surface area contributed by atoms with Crippen molar-refractivity contribution in [1.29, 1.82) is 0 Å². The number of anilines is 2. The molecule has 204 valence electrons. The summed E-state index contributed by atoms with van der Waals surface area (Å²) in [5, 5.41) is 4.60. The van der Waals surface area contributed by atoms with E-state index in [-0.39, 0.29) is 6.09 Å². The second kappa shape index (κ2) is 10.9. The van der Waals surface area contributed by atoms with Crippen LogP contribution in [-0.2, 0) is 11.3 Å². The Morgan fingerprint density at radius 3 is 2.74 bits per heavy atom. The molecule has 0 radical (unpaired) electrons. The maximum Gasteiger partial charge on any atom is 0.410 e. The van der Waals surface area contributed by atoms with Gasteiger partial charge in [0, 0.05) is 67.1 Å². The zero-order chi connectivity index (χ0) is 27.6. The molecule has 1 amide bonds. The highest BCUT2D eigenvalue weighted by atomic mass is 16.6. The molecule has 0 spiro atoms. The monoisotopic (exact) mass is 527 g/mol. The Hall–Kier alpha value is -4.11. The average molecular weight is 528 g/mol. The van der Waals surface area contributed by atoms with Crippen molar-refractivity contribution in [2.75, 3.05) is 39.0 Å². The highest BCUT2D eigenvalue weighted by Gasteiger charge is 2.24. The molecule has 1 aliphatic rings. The molecular formula is C30H37N7O2. The standard InChI is InChI=1S/C30H37N7O2/c1-30(2,3)39-29(38)37-14-10-21(11-15-37)26-20-24-25(9-12-31-27(24)34-26)33-23-8-6-7-22(19-23)28-32-13-16-36(28)18-17-35(4)5/h6-10,12-13,16,19-20H,11,14-15,17-18H2,1-5H3,(H2,31,33,34). The van der Waals surface area contributed by atoms with Crippen molar-refractivity contribution < 1.29 is 9.53 Å². The fourth-order valence-electron chi connectivity index (χ4n) is 4.66. The van der Waals surface area contributed by atoms with Crippen molar-refractivity contribution in [2.45, 2.75) is 39.3 Å². The van der Waals surface area contributed by atoms with E-state index in [9.17, 15) is 4.79 Å².